The summed E-state index contributed by atoms with van der Waals surface area (Å²) in [6.45, 7) is 3.40. The van der Waals surface area contributed by atoms with Crippen molar-refractivity contribution < 1.29 is 9.53 Å². The number of aliphatic hydroxyl groups is 1. The molecule has 10 heavy (non-hydrogen) atoms. The van der Waals surface area contributed by atoms with E-state index in [9.17, 15) is 0 Å². The normalized spacial score (nSPS) is 11.4. The van der Waals surface area contributed by atoms with Gasteiger partial charge in [0.1, 0.15) is 0 Å². The Kier molecular flexibility index (Phi) is 9.26. The fourth-order valence-electron chi connectivity index (χ4n) is 0.739. The Morgan fingerprint density at radius 2 is 2.20 bits per heavy atom. The molecular weight excluding hydrogens is 144 g/mol. The SMILES string of the molecule is CCCO[SiH2]CCCCO. The van der Waals surface area contributed by atoms with Gasteiger partial charge in [-0.05, 0) is 18.9 Å². The van der Waals surface area contributed by atoms with E-state index in [2.05, 4.69) is 6.92 Å². The van der Waals surface area contributed by atoms with Crippen LogP contribution in [0.2, 0.25) is 6.04 Å². The number of hydrogen-bond acceptors (Lipinski definition) is 2. The van der Waals surface area contributed by atoms with Crippen LogP contribution in [0.4, 0.5) is 0 Å². The highest BCUT2D eigenvalue weighted by atomic mass is 28.2. The Labute approximate surface area is 65.5 Å². The Balaban J connectivity index is 2.65. The highest BCUT2D eigenvalue weighted by Gasteiger charge is 1.88. The molecule has 0 saturated heterocycles. The van der Waals surface area contributed by atoms with Crippen LogP contribution >= 0.6 is 0 Å². The molecule has 3 heteroatoms. The molecule has 0 aromatic rings. The predicted molar refractivity (Wildman–Crippen MR) is 45.9 cm³/mol. The molecule has 0 aromatic carbocycles. The minimum atomic E-state index is -0.231. The average Bonchev–Trinajstić information content (AvgIpc) is 1.97. The summed E-state index contributed by atoms with van der Waals surface area (Å²) in [5, 5.41) is 8.44. The molecule has 0 fully saturated rings. The third kappa shape index (κ3) is 8.14. The van der Waals surface area contributed by atoms with Gasteiger partial charge in [-0.2, -0.15) is 0 Å². The van der Waals surface area contributed by atoms with E-state index in [-0.39, 0.29) is 9.76 Å². The van der Waals surface area contributed by atoms with E-state index in [0.717, 1.165) is 25.9 Å². The van der Waals surface area contributed by atoms with Crippen molar-refractivity contribution in [2.45, 2.75) is 32.2 Å². The van der Waals surface area contributed by atoms with Crippen LogP contribution in [0, 0.1) is 0 Å². The Hall–Kier alpha value is 0.137. The monoisotopic (exact) mass is 162 g/mol. The second-order valence-electron chi connectivity index (χ2n) is 2.40. The van der Waals surface area contributed by atoms with Gasteiger partial charge in [0.05, 0.1) is 0 Å². The standard InChI is InChI=1S/C7H18O2Si/c1-2-6-9-10-7-4-3-5-8/h8H,2-7,10H2,1H3. The summed E-state index contributed by atoms with van der Waals surface area (Å²) in [7, 11) is -0.231. The third-order valence-electron chi connectivity index (χ3n) is 1.30. The zero-order valence-electron chi connectivity index (χ0n) is 6.81. The van der Waals surface area contributed by atoms with E-state index in [1.807, 2.05) is 0 Å². The molecular formula is C7H18O2Si. The number of aliphatic hydroxyl groups excluding tert-OH is 1. The number of rotatable bonds is 7. The molecule has 62 valence electrons. The largest absolute Gasteiger partial charge is 0.424 e. The van der Waals surface area contributed by atoms with Gasteiger partial charge in [0.2, 0.25) is 0 Å². The molecule has 0 atom stereocenters. The fourth-order valence-corrected chi connectivity index (χ4v) is 1.99. The fraction of sp³-hybridized carbons (Fsp3) is 1.00. The molecule has 0 radical (unpaired) electrons. The van der Waals surface area contributed by atoms with Crippen molar-refractivity contribution in [3.63, 3.8) is 0 Å². The van der Waals surface area contributed by atoms with Gasteiger partial charge in [-0.1, -0.05) is 13.3 Å². The average molecular weight is 162 g/mol. The van der Waals surface area contributed by atoms with Gasteiger partial charge in [-0.15, -0.1) is 0 Å². The molecule has 0 aromatic heterocycles. The van der Waals surface area contributed by atoms with Crippen molar-refractivity contribution in [3.05, 3.63) is 0 Å². The lowest BCUT2D eigenvalue weighted by Gasteiger charge is -1.99. The number of unbranched alkanes of at least 4 members (excludes halogenated alkanes) is 1. The summed E-state index contributed by atoms with van der Waals surface area (Å²) in [6.07, 6.45) is 3.22. The molecule has 0 amide bonds. The number of hydrogen-bond donors (Lipinski definition) is 1. The molecule has 2 nitrogen and oxygen atoms in total. The summed E-state index contributed by atoms with van der Waals surface area (Å²) in [5.74, 6) is 0. The second kappa shape index (κ2) is 9.14. The lowest BCUT2D eigenvalue weighted by atomic mass is 10.4. The lowest BCUT2D eigenvalue weighted by molar-refractivity contribution is 0.285. The zero-order valence-corrected chi connectivity index (χ0v) is 8.22. The van der Waals surface area contributed by atoms with Gasteiger partial charge >= 0.3 is 0 Å². The lowest BCUT2D eigenvalue weighted by Crippen LogP contribution is -1.99. The molecule has 0 rings (SSSR count). The van der Waals surface area contributed by atoms with Gasteiger partial charge in [-0.25, -0.2) is 0 Å². The first kappa shape index (κ1) is 10.1. The van der Waals surface area contributed by atoms with E-state index >= 15 is 0 Å². The summed E-state index contributed by atoms with van der Waals surface area (Å²) < 4.78 is 5.39. The molecule has 0 spiro atoms. The van der Waals surface area contributed by atoms with Crippen molar-refractivity contribution in [2.24, 2.45) is 0 Å². The highest BCUT2D eigenvalue weighted by molar-refractivity contribution is 6.26. The third-order valence-corrected chi connectivity index (χ3v) is 2.66. The van der Waals surface area contributed by atoms with Crippen LogP contribution in [0.3, 0.4) is 0 Å². The van der Waals surface area contributed by atoms with Crippen molar-refractivity contribution in [1.29, 1.82) is 0 Å². The maximum atomic E-state index is 8.44. The molecule has 0 aliphatic heterocycles. The summed E-state index contributed by atoms with van der Waals surface area (Å²) in [4.78, 5) is 0. The maximum Gasteiger partial charge on any atom is 0.161 e. The molecule has 0 aliphatic rings. The van der Waals surface area contributed by atoms with E-state index in [1.165, 1.54) is 6.04 Å². The Bertz CT molecular complexity index is 51.6. The Morgan fingerprint density at radius 3 is 2.80 bits per heavy atom. The Morgan fingerprint density at radius 1 is 1.40 bits per heavy atom. The van der Waals surface area contributed by atoms with Gasteiger partial charge in [0.15, 0.2) is 9.76 Å². The first-order chi connectivity index (χ1) is 4.91. The van der Waals surface area contributed by atoms with Gasteiger partial charge in [-0.3, -0.25) is 0 Å². The quantitative estimate of drug-likeness (QED) is 0.441. The minimum absolute atomic E-state index is 0.231. The van der Waals surface area contributed by atoms with Crippen LogP contribution in [0.15, 0.2) is 0 Å². The smallest absolute Gasteiger partial charge is 0.161 e. The van der Waals surface area contributed by atoms with Crippen LogP contribution in [-0.2, 0) is 4.43 Å². The molecule has 0 unspecified atom stereocenters. The molecule has 0 saturated carbocycles. The van der Waals surface area contributed by atoms with Crippen molar-refractivity contribution in [2.75, 3.05) is 13.2 Å². The van der Waals surface area contributed by atoms with E-state index in [4.69, 9.17) is 9.53 Å². The first-order valence-electron chi connectivity index (χ1n) is 4.10. The van der Waals surface area contributed by atoms with Crippen LogP contribution < -0.4 is 0 Å². The molecule has 0 bridgehead atoms. The van der Waals surface area contributed by atoms with Crippen LogP contribution in [0.1, 0.15) is 26.2 Å². The minimum Gasteiger partial charge on any atom is -0.424 e. The predicted octanol–water partition coefficient (Wildman–Crippen LogP) is 0.688. The molecule has 0 heterocycles. The van der Waals surface area contributed by atoms with E-state index < -0.39 is 0 Å². The highest BCUT2D eigenvalue weighted by Crippen LogP contribution is 1.94. The first-order valence-corrected chi connectivity index (χ1v) is 5.68. The van der Waals surface area contributed by atoms with Crippen molar-refractivity contribution >= 4 is 9.76 Å². The van der Waals surface area contributed by atoms with Crippen molar-refractivity contribution in [1.82, 2.24) is 0 Å². The van der Waals surface area contributed by atoms with Gasteiger partial charge in [0, 0.05) is 13.2 Å². The van der Waals surface area contributed by atoms with E-state index in [1.54, 1.807) is 0 Å². The molecule has 1 N–H and O–H groups in total. The van der Waals surface area contributed by atoms with Gasteiger partial charge < -0.3 is 9.53 Å². The summed E-state index contributed by atoms with van der Waals surface area (Å²) in [5.41, 5.74) is 0. The topological polar surface area (TPSA) is 29.5 Å². The zero-order chi connectivity index (χ0) is 7.66. The van der Waals surface area contributed by atoms with Crippen LogP contribution in [0.5, 0.6) is 0 Å². The summed E-state index contributed by atoms with van der Waals surface area (Å²) in [6, 6.07) is 1.22. The van der Waals surface area contributed by atoms with E-state index in [0.29, 0.717) is 6.61 Å². The van der Waals surface area contributed by atoms with Crippen LogP contribution in [0.25, 0.3) is 0 Å². The summed E-state index contributed by atoms with van der Waals surface area (Å²) >= 11 is 0. The second-order valence-corrected chi connectivity index (χ2v) is 3.92. The van der Waals surface area contributed by atoms with Gasteiger partial charge in [0.25, 0.3) is 0 Å². The van der Waals surface area contributed by atoms with Crippen LogP contribution in [-0.4, -0.2) is 28.1 Å². The maximum absolute atomic E-state index is 8.44. The molecule has 0 aliphatic carbocycles. The van der Waals surface area contributed by atoms with Crippen molar-refractivity contribution in [3.8, 4) is 0 Å².